The molecule has 0 aliphatic carbocycles. The number of hydrogen-bond acceptors (Lipinski definition) is 5. The molecule has 0 aromatic heterocycles. The molecule has 4 rings (SSSR count). The number of ether oxygens (including phenoxy) is 1. The van der Waals surface area contributed by atoms with E-state index in [1.807, 2.05) is 47.4 Å². The number of amides is 1. The average Bonchev–Trinajstić information content (AvgIpc) is 2.83. The van der Waals surface area contributed by atoms with Gasteiger partial charge in [0.05, 0.1) is 24.2 Å². The number of nitrogens with one attached hydrogen (secondary N) is 1. The maximum absolute atomic E-state index is 13.1. The second-order valence-corrected chi connectivity index (χ2v) is 7.87. The van der Waals surface area contributed by atoms with Gasteiger partial charge >= 0.3 is 0 Å². The number of halogens is 1. The molecule has 1 atom stereocenters. The van der Waals surface area contributed by atoms with Crippen molar-refractivity contribution in [3.8, 4) is 0 Å². The fourth-order valence-corrected chi connectivity index (χ4v) is 3.99. The summed E-state index contributed by atoms with van der Waals surface area (Å²) >= 11 is 6.18. The van der Waals surface area contributed by atoms with Gasteiger partial charge < -0.3 is 15.0 Å². The molecular weight excluding hydrogens is 430 g/mol. The summed E-state index contributed by atoms with van der Waals surface area (Å²) in [5.74, 6) is -0.407. The maximum atomic E-state index is 13.1. The smallest absolute Gasteiger partial charge is 0.293 e. The summed E-state index contributed by atoms with van der Waals surface area (Å²) in [5, 5.41) is 15.3. The minimum absolute atomic E-state index is 0.0985. The largest absolute Gasteiger partial charge is 0.378 e. The Labute approximate surface area is 190 Å². The van der Waals surface area contributed by atoms with Crippen LogP contribution in [0.5, 0.6) is 0 Å². The number of carbonyl (C=O) groups is 1. The van der Waals surface area contributed by atoms with E-state index in [1.54, 1.807) is 24.3 Å². The molecule has 3 aromatic carbocycles. The highest BCUT2D eigenvalue weighted by molar-refractivity contribution is 6.30. The molecule has 164 valence electrons. The topological polar surface area (TPSA) is 84.7 Å². The van der Waals surface area contributed by atoms with Crippen molar-refractivity contribution in [3.63, 3.8) is 0 Å². The van der Waals surface area contributed by atoms with Crippen LogP contribution in [0.3, 0.4) is 0 Å². The van der Waals surface area contributed by atoms with Gasteiger partial charge in [-0.2, -0.15) is 0 Å². The van der Waals surface area contributed by atoms with Crippen LogP contribution in [0.4, 0.5) is 11.4 Å². The van der Waals surface area contributed by atoms with Crippen molar-refractivity contribution in [2.75, 3.05) is 31.2 Å². The predicted octanol–water partition coefficient (Wildman–Crippen LogP) is 4.60. The molecule has 1 aliphatic heterocycles. The Morgan fingerprint density at radius 1 is 1.00 bits per heavy atom. The quantitative estimate of drug-likeness (QED) is 0.437. The van der Waals surface area contributed by atoms with E-state index in [9.17, 15) is 14.9 Å². The van der Waals surface area contributed by atoms with Crippen molar-refractivity contribution >= 4 is 28.9 Å². The summed E-state index contributed by atoms with van der Waals surface area (Å²) in [5.41, 5.74) is 2.30. The Kier molecular flexibility index (Phi) is 6.68. The third kappa shape index (κ3) is 4.90. The van der Waals surface area contributed by atoms with Crippen LogP contribution >= 0.6 is 11.6 Å². The number of nitro benzene ring substituents is 1. The van der Waals surface area contributed by atoms with Crippen molar-refractivity contribution < 1.29 is 14.5 Å². The first-order valence-corrected chi connectivity index (χ1v) is 10.6. The van der Waals surface area contributed by atoms with Gasteiger partial charge in [-0.25, -0.2) is 0 Å². The van der Waals surface area contributed by atoms with Gasteiger partial charge in [0.2, 0.25) is 0 Å². The summed E-state index contributed by atoms with van der Waals surface area (Å²) in [6.07, 6.45) is 0. The van der Waals surface area contributed by atoms with Gasteiger partial charge in [-0.1, -0.05) is 54.1 Å². The number of benzene rings is 3. The van der Waals surface area contributed by atoms with Crippen LogP contribution in [-0.4, -0.2) is 37.1 Å². The van der Waals surface area contributed by atoms with Crippen LogP contribution in [0.2, 0.25) is 5.02 Å². The SMILES string of the molecule is O=C(NC(c1ccccc1)c1cccc(Cl)c1)c1ccc(N2CCOCC2)c([N+](=O)[O-])c1. The molecule has 0 bridgehead atoms. The van der Waals surface area contributed by atoms with E-state index in [0.29, 0.717) is 37.0 Å². The van der Waals surface area contributed by atoms with Crippen LogP contribution in [0.15, 0.2) is 72.8 Å². The van der Waals surface area contributed by atoms with Crippen LogP contribution in [0.25, 0.3) is 0 Å². The molecule has 3 aromatic rings. The summed E-state index contributed by atoms with van der Waals surface area (Å²) in [6, 6.07) is 20.9. The molecule has 0 spiro atoms. The Morgan fingerprint density at radius 3 is 2.41 bits per heavy atom. The zero-order chi connectivity index (χ0) is 22.5. The van der Waals surface area contributed by atoms with Crippen molar-refractivity contribution in [1.82, 2.24) is 5.32 Å². The Bertz CT molecular complexity index is 1120. The first kappa shape index (κ1) is 21.8. The zero-order valence-electron chi connectivity index (χ0n) is 17.2. The monoisotopic (exact) mass is 451 g/mol. The minimum Gasteiger partial charge on any atom is -0.378 e. The van der Waals surface area contributed by atoms with Gasteiger partial charge in [0.1, 0.15) is 5.69 Å². The van der Waals surface area contributed by atoms with Crippen LogP contribution in [-0.2, 0) is 4.74 Å². The van der Waals surface area contributed by atoms with Crippen molar-refractivity contribution in [3.05, 3.63) is 105 Å². The molecule has 1 saturated heterocycles. The highest BCUT2D eigenvalue weighted by atomic mass is 35.5. The normalized spacial score (nSPS) is 14.6. The molecule has 0 radical (unpaired) electrons. The summed E-state index contributed by atoms with van der Waals surface area (Å²) in [6.45, 7) is 2.16. The summed E-state index contributed by atoms with van der Waals surface area (Å²) in [4.78, 5) is 26.3. The molecule has 7 nitrogen and oxygen atoms in total. The molecule has 8 heteroatoms. The molecular formula is C24H22ClN3O4. The first-order valence-electron chi connectivity index (χ1n) is 10.3. The van der Waals surface area contributed by atoms with Crippen molar-refractivity contribution in [2.24, 2.45) is 0 Å². The van der Waals surface area contributed by atoms with E-state index in [2.05, 4.69) is 5.32 Å². The number of nitrogens with zero attached hydrogens (tertiary/aromatic N) is 2. The second-order valence-electron chi connectivity index (χ2n) is 7.43. The van der Waals surface area contributed by atoms with Crippen molar-refractivity contribution in [1.29, 1.82) is 0 Å². The Balaban J connectivity index is 1.64. The first-order chi connectivity index (χ1) is 15.5. The molecule has 1 aliphatic rings. The average molecular weight is 452 g/mol. The lowest BCUT2D eigenvalue weighted by Gasteiger charge is -2.28. The lowest BCUT2D eigenvalue weighted by molar-refractivity contribution is -0.384. The number of anilines is 1. The molecule has 1 N–H and O–H groups in total. The number of rotatable bonds is 6. The predicted molar refractivity (Wildman–Crippen MR) is 123 cm³/mol. The van der Waals surface area contributed by atoms with Crippen molar-refractivity contribution in [2.45, 2.75) is 6.04 Å². The molecule has 1 unspecified atom stereocenters. The van der Waals surface area contributed by atoms with E-state index in [1.165, 1.54) is 6.07 Å². The van der Waals surface area contributed by atoms with Crippen LogP contribution in [0, 0.1) is 10.1 Å². The van der Waals surface area contributed by atoms with Gasteiger partial charge in [-0.3, -0.25) is 14.9 Å². The van der Waals surface area contributed by atoms with E-state index < -0.39 is 16.9 Å². The number of hydrogen-bond donors (Lipinski definition) is 1. The lowest BCUT2D eigenvalue weighted by Crippen LogP contribution is -2.36. The third-order valence-corrected chi connectivity index (χ3v) is 5.61. The second kappa shape index (κ2) is 9.80. The minimum atomic E-state index is -0.458. The number of nitro groups is 1. The molecule has 32 heavy (non-hydrogen) atoms. The summed E-state index contributed by atoms with van der Waals surface area (Å²) < 4.78 is 5.33. The van der Waals surface area contributed by atoms with Gasteiger partial charge in [-0.05, 0) is 35.4 Å². The standard InChI is InChI=1S/C24H22ClN3O4/c25-20-8-4-7-18(15-20)23(17-5-2-1-3-6-17)26-24(29)19-9-10-21(22(16-19)28(30)31)27-11-13-32-14-12-27/h1-10,15-16,23H,11-14H2,(H,26,29). The van der Waals surface area contributed by atoms with E-state index >= 15 is 0 Å². The lowest BCUT2D eigenvalue weighted by atomic mass is 9.98. The maximum Gasteiger partial charge on any atom is 0.293 e. The number of morpholine rings is 1. The third-order valence-electron chi connectivity index (χ3n) is 5.38. The zero-order valence-corrected chi connectivity index (χ0v) is 18.0. The molecule has 1 heterocycles. The van der Waals surface area contributed by atoms with Gasteiger partial charge in [0.15, 0.2) is 0 Å². The summed E-state index contributed by atoms with van der Waals surface area (Å²) in [7, 11) is 0. The Hall–Kier alpha value is -3.42. The molecule has 1 amide bonds. The fourth-order valence-electron chi connectivity index (χ4n) is 3.79. The van der Waals surface area contributed by atoms with E-state index in [4.69, 9.17) is 16.3 Å². The van der Waals surface area contributed by atoms with Gasteiger partial charge in [0, 0.05) is 29.7 Å². The van der Waals surface area contributed by atoms with Crippen LogP contribution < -0.4 is 10.2 Å². The van der Waals surface area contributed by atoms with E-state index in [-0.39, 0.29) is 11.3 Å². The van der Waals surface area contributed by atoms with Gasteiger partial charge in [-0.15, -0.1) is 0 Å². The Morgan fingerprint density at radius 2 is 1.72 bits per heavy atom. The van der Waals surface area contributed by atoms with E-state index in [0.717, 1.165) is 11.1 Å². The number of carbonyl (C=O) groups excluding carboxylic acids is 1. The highest BCUT2D eigenvalue weighted by Gasteiger charge is 2.25. The molecule has 1 fully saturated rings. The van der Waals surface area contributed by atoms with Crippen LogP contribution in [0.1, 0.15) is 27.5 Å². The fraction of sp³-hybridized carbons (Fsp3) is 0.208. The highest BCUT2D eigenvalue weighted by Crippen LogP contribution is 2.31. The molecule has 0 saturated carbocycles. The van der Waals surface area contributed by atoms with Gasteiger partial charge in [0.25, 0.3) is 11.6 Å².